The summed E-state index contributed by atoms with van der Waals surface area (Å²) in [6.07, 6.45) is 0. The molecule has 234 valence electrons. The van der Waals surface area contributed by atoms with Crippen molar-refractivity contribution in [3.8, 4) is 45.5 Å². The first-order chi connectivity index (χ1) is 29.3. The molecule has 0 aliphatic carbocycles. The highest BCUT2D eigenvalue weighted by Gasteiger charge is 2.22. The smallest absolute Gasteiger partial charge is 0.238 e. The molecule has 10 rings (SSSR count). The van der Waals surface area contributed by atoms with Gasteiger partial charge in [-0.1, -0.05) is 133 Å². The number of benzene rings is 7. The molecule has 0 fully saturated rings. The average Bonchev–Trinajstić information content (AvgIpc) is 3.78. The summed E-state index contributed by atoms with van der Waals surface area (Å²) < 4.78 is 100. The van der Waals surface area contributed by atoms with Crippen molar-refractivity contribution in [3.05, 3.63) is 176 Å². The Balaban J connectivity index is 1.35. The van der Waals surface area contributed by atoms with Gasteiger partial charge in [-0.3, -0.25) is 4.57 Å². The van der Waals surface area contributed by atoms with Gasteiger partial charge in [0.25, 0.3) is 0 Å². The van der Waals surface area contributed by atoms with E-state index in [0.717, 1.165) is 0 Å². The maximum absolute atomic E-state index is 9.73. The third-order valence-electron chi connectivity index (χ3n) is 8.79. The van der Waals surface area contributed by atoms with Crippen molar-refractivity contribution in [1.82, 2.24) is 24.1 Å². The van der Waals surface area contributed by atoms with Crippen LogP contribution in [0.2, 0.25) is 0 Å². The highest BCUT2D eigenvalue weighted by molar-refractivity contribution is 6.28. The highest BCUT2D eigenvalue weighted by atomic mass is 15.2. The van der Waals surface area contributed by atoms with Crippen LogP contribution < -0.4 is 0 Å². The van der Waals surface area contributed by atoms with Crippen LogP contribution in [0.5, 0.6) is 0 Å². The molecular formula is C45H29N5. The van der Waals surface area contributed by atoms with Crippen molar-refractivity contribution in [2.75, 3.05) is 0 Å². The minimum Gasteiger partial charge on any atom is -0.309 e. The Morgan fingerprint density at radius 3 is 1.68 bits per heavy atom. The van der Waals surface area contributed by atoms with Crippen LogP contribution in [0.4, 0.5) is 0 Å². The third-order valence-corrected chi connectivity index (χ3v) is 8.79. The van der Waals surface area contributed by atoms with E-state index in [1.54, 1.807) is 45.5 Å². The summed E-state index contributed by atoms with van der Waals surface area (Å²) in [4.78, 5) is 14.8. The molecule has 3 heterocycles. The lowest BCUT2D eigenvalue weighted by atomic mass is 10.0. The van der Waals surface area contributed by atoms with Crippen molar-refractivity contribution in [2.24, 2.45) is 0 Å². The molecule has 0 aliphatic rings. The molecule has 0 atom stereocenters. The number of hydrogen-bond donors (Lipinski definition) is 0. The zero-order valence-corrected chi connectivity index (χ0v) is 26.1. The molecule has 0 N–H and O–H groups in total. The molecular weight excluding hydrogens is 611 g/mol. The van der Waals surface area contributed by atoms with Crippen LogP contribution in [0.1, 0.15) is 15.1 Å². The van der Waals surface area contributed by atoms with Crippen molar-refractivity contribution in [2.45, 2.75) is 0 Å². The van der Waals surface area contributed by atoms with Crippen LogP contribution in [0.3, 0.4) is 0 Å². The van der Waals surface area contributed by atoms with Gasteiger partial charge >= 0.3 is 0 Å². The van der Waals surface area contributed by atoms with Gasteiger partial charge in [-0.05, 0) is 53.5 Å². The minimum absolute atomic E-state index is 0.00466. The second-order valence-electron chi connectivity index (χ2n) is 11.7. The second-order valence-corrected chi connectivity index (χ2v) is 11.7. The normalized spacial score (nSPS) is 14.7. The number of aromatic nitrogens is 5. The van der Waals surface area contributed by atoms with Gasteiger partial charge in [0.15, 0.2) is 11.6 Å². The Kier molecular flexibility index (Phi) is 4.38. The van der Waals surface area contributed by atoms with Gasteiger partial charge in [0.2, 0.25) is 5.95 Å². The SMILES string of the molecule is [2H]c1cc([2H])c2c(c1)c1c3c4cc([2H])cc([2H])c4n(-c4nc(-c5ccccc5)nc(-c5cccc(-c6c([2H])c([2H])c([2H])c([2H])c6[2H])c5)n4)c3c([2H])c([2H])c1n2-c1ccccc1. The van der Waals surface area contributed by atoms with E-state index < -0.39 is 18.1 Å². The first kappa shape index (κ1) is 19.2. The summed E-state index contributed by atoms with van der Waals surface area (Å²) in [7, 11) is 0. The summed E-state index contributed by atoms with van der Waals surface area (Å²) in [5, 5.41) is 1.79. The van der Waals surface area contributed by atoms with Gasteiger partial charge in [-0.2, -0.15) is 9.97 Å². The Bertz CT molecular complexity index is 3470. The predicted molar refractivity (Wildman–Crippen MR) is 205 cm³/mol. The summed E-state index contributed by atoms with van der Waals surface area (Å²) in [5.74, 6) is 0.350. The molecule has 0 spiro atoms. The minimum atomic E-state index is -0.506. The van der Waals surface area contributed by atoms with Gasteiger partial charge in [0.05, 0.1) is 37.1 Å². The molecule has 0 aliphatic heterocycles. The first-order valence-corrected chi connectivity index (χ1v) is 15.9. The summed E-state index contributed by atoms with van der Waals surface area (Å²) in [6.45, 7) is 0. The molecule has 5 nitrogen and oxygen atoms in total. The number of nitrogens with zero attached hydrogens (tertiary/aromatic N) is 5. The van der Waals surface area contributed by atoms with E-state index in [1.807, 2.05) is 60.7 Å². The molecule has 3 aromatic heterocycles. The number of para-hydroxylation sites is 3. The molecule has 0 amide bonds. The van der Waals surface area contributed by atoms with Gasteiger partial charge in [0, 0.05) is 38.4 Å². The van der Waals surface area contributed by atoms with Gasteiger partial charge in [-0.25, -0.2) is 4.98 Å². The number of fused-ring (bicyclic) bond motifs is 7. The van der Waals surface area contributed by atoms with Gasteiger partial charge < -0.3 is 4.57 Å². The van der Waals surface area contributed by atoms with Crippen LogP contribution in [0.25, 0.3) is 89.2 Å². The van der Waals surface area contributed by atoms with Crippen molar-refractivity contribution < 1.29 is 15.1 Å². The number of hydrogen-bond acceptors (Lipinski definition) is 3. The predicted octanol–water partition coefficient (Wildman–Crippen LogP) is 11.1. The fraction of sp³-hybridized carbons (Fsp3) is 0. The van der Waals surface area contributed by atoms with Crippen molar-refractivity contribution in [1.29, 1.82) is 0 Å². The van der Waals surface area contributed by atoms with E-state index in [4.69, 9.17) is 25.9 Å². The van der Waals surface area contributed by atoms with Crippen LogP contribution >= 0.6 is 0 Å². The summed E-state index contributed by atoms with van der Waals surface area (Å²) in [6, 6.07) is 28.5. The van der Waals surface area contributed by atoms with E-state index >= 15 is 0 Å². The van der Waals surface area contributed by atoms with E-state index in [9.17, 15) is 4.11 Å². The van der Waals surface area contributed by atoms with Crippen LogP contribution in [0, 0.1) is 0 Å². The molecule has 0 radical (unpaired) electrons. The average molecular weight is 651 g/mol. The highest BCUT2D eigenvalue weighted by Crippen LogP contribution is 2.42. The molecule has 10 aromatic rings. The molecule has 0 saturated heterocycles. The lowest BCUT2D eigenvalue weighted by Gasteiger charge is -2.12. The van der Waals surface area contributed by atoms with E-state index in [-0.39, 0.29) is 82.5 Å². The van der Waals surface area contributed by atoms with Crippen molar-refractivity contribution >= 4 is 43.6 Å². The largest absolute Gasteiger partial charge is 0.309 e. The zero-order chi connectivity index (χ0) is 42.6. The Labute approximate surface area is 303 Å². The van der Waals surface area contributed by atoms with Crippen molar-refractivity contribution in [3.63, 3.8) is 0 Å². The maximum Gasteiger partial charge on any atom is 0.238 e. The number of rotatable bonds is 5. The second kappa shape index (κ2) is 11.4. The van der Waals surface area contributed by atoms with E-state index in [1.165, 1.54) is 12.1 Å². The molecule has 5 heteroatoms. The Morgan fingerprint density at radius 1 is 0.400 bits per heavy atom. The molecule has 50 heavy (non-hydrogen) atoms. The zero-order valence-electron chi connectivity index (χ0n) is 37.1. The first-order valence-electron chi connectivity index (χ1n) is 21.4. The lowest BCUT2D eigenvalue weighted by molar-refractivity contribution is 0.953. The molecule has 0 unspecified atom stereocenters. The van der Waals surface area contributed by atoms with E-state index in [0.29, 0.717) is 55.0 Å². The van der Waals surface area contributed by atoms with Crippen LogP contribution in [-0.4, -0.2) is 24.1 Å². The summed E-state index contributed by atoms with van der Waals surface area (Å²) >= 11 is 0. The fourth-order valence-corrected chi connectivity index (χ4v) is 6.63. The molecule has 0 bridgehead atoms. The van der Waals surface area contributed by atoms with Crippen LogP contribution in [-0.2, 0) is 0 Å². The maximum atomic E-state index is 9.73. The van der Waals surface area contributed by atoms with Gasteiger partial charge in [-0.15, -0.1) is 0 Å². The summed E-state index contributed by atoms with van der Waals surface area (Å²) in [5.41, 5.74) is 3.19. The fourth-order valence-electron chi connectivity index (χ4n) is 6.63. The lowest BCUT2D eigenvalue weighted by Crippen LogP contribution is -2.06. The standard InChI is InChI=1S/C45H29N5/c1-4-15-30(16-5-1)32-19-14-20-33(29-32)44-46-43(31-17-6-2-7-18-31)47-45(48-44)50-38-26-13-11-24-36(38)42-40(50)28-27-39-41(42)35-23-10-12-25-37(35)49(39)34-21-8-3-9-22-34/h1-29H/i1D,4D,5D,10D,11D,15D,16D,25D,26D,27D,28D. The third kappa shape index (κ3) is 4.45. The van der Waals surface area contributed by atoms with Crippen LogP contribution in [0.15, 0.2) is 176 Å². The molecule has 7 aromatic carbocycles. The Hall–Kier alpha value is -6.85. The Morgan fingerprint density at radius 2 is 0.980 bits per heavy atom. The van der Waals surface area contributed by atoms with Gasteiger partial charge in [0.1, 0.15) is 0 Å². The quantitative estimate of drug-likeness (QED) is 0.186. The van der Waals surface area contributed by atoms with E-state index in [2.05, 4.69) is 0 Å². The topological polar surface area (TPSA) is 48.5 Å². The monoisotopic (exact) mass is 650 g/mol. The molecule has 0 saturated carbocycles.